The Kier molecular flexibility index (Phi) is 4.97. The quantitative estimate of drug-likeness (QED) is 0.656. The SMILES string of the molecule is CCOc1cc(/C=C2\C(=O)NC(=O)c3ccccc32)ccc1OC(F)F. The van der Waals surface area contributed by atoms with E-state index in [1.807, 2.05) is 0 Å². The van der Waals surface area contributed by atoms with Gasteiger partial charge in [0.2, 0.25) is 0 Å². The Balaban J connectivity index is 2.04. The van der Waals surface area contributed by atoms with E-state index >= 15 is 0 Å². The molecule has 0 saturated heterocycles. The number of nitrogens with one attached hydrogen (secondary N) is 1. The van der Waals surface area contributed by atoms with Gasteiger partial charge in [-0.05, 0) is 42.3 Å². The van der Waals surface area contributed by atoms with E-state index in [1.165, 1.54) is 18.2 Å². The molecule has 0 spiro atoms. The van der Waals surface area contributed by atoms with E-state index in [0.29, 0.717) is 22.3 Å². The topological polar surface area (TPSA) is 64.6 Å². The number of halogens is 2. The van der Waals surface area contributed by atoms with Crippen molar-refractivity contribution in [3.63, 3.8) is 0 Å². The van der Waals surface area contributed by atoms with Crippen LogP contribution in [0.5, 0.6) is 11.5 Å². The summed E-state index contributed by atoms with van der Waals surface area (Å²) in [6, 6.07) is 11.1. The highest BCUT2D eigenvalue weighted by molar-refractivity contribution is 6.33. The molecule has 0 radical (unpaired) electrons. The fraction of sp³-hybridized carbons (Fsp3) is 0.158. The number of alkyl halides is 2. The molecule has 0 aromatic heterocycles. The Hall–Kier alpha value is -3.22. The summed E-state index contributed by atoms with van der Waals surface area (Å²) in [6.45, 7) is -0.994. The van der Waals surface area contributed by atoms with Crippen LogP contribution in [0.1, 0.15) is 28.4 Å². The maximum Gasteiger partial charge on any atom is 0.387 e. The molecule has 3 rings (SSSR count). The molecule has 0 atom stereocenters. The molecule has 0 fully saturated rings. The maximum absolute atomic E-state index is 12.5. The highest BCUT2D eigenvalue weighted by Crippen LogP contribution is 2.32. The number of carbonyl (C=O) groups is 2. The van der Waals surface area contributed by atoms with Gasteiger partial charge in [0, 0.05) is 11.1 Å². The third-order valence-electron chi connectivity index (χ3n) is 3.73. The molecule has 0 unspecified atom stereocenters. The standard InChI is InChI=1S/C19H15F2NO4/c1-2-25-16-10-11(7-8-15(16)26-19(20)21)9-14-12-5-3-4-6-13(12)17(23)22-18(14)24/h3-10,19H,2H2,1H3,(H,22,23,24)/b14-9-. The molecule has 5 nitrogen and oxygen atoms in total. The number of rotatable bonds is 5. The van der Waals surface area contributed by atoms with Crippen molar-refractivity contribution in [3.8, 4) is 11.5 Å². The number of imide groups is 1. The van der Waals surface area contributed by atoms with Gasteiger partial charge >= 0.3 is 6.61 Å². The van der Waals surface area contributed by atoms with Crippen LogP contribution < -0.4 is 14.8 Å². The molecular weight excluding hydrogens is 344 g/mol. The molecule has 7 heteroatoms. The summed E-state index contributed by atoms with van der Waals surface area (Å²) in [7, 11) is 0. The van der Waals surface area contributed by atoms with Crippen LogP contribution in [0, 0.1) is 0 Å². The van der Waals surface area contributed by atoms with E-state index in [-0.39, 0.29) is 18.1 Å². The van der Waals surface area contributed by atoms with E-state index in [9.17, 15) is 18.4 Å². The molecule has 0 bridgehead atoms. The van der Waals surface area contributed by atoms with Crippen molar-refractivity contribution in [3.05, 3.63) is 59.2 Å². The monoisotopic (exact) mass is 359 g/mol. The van der Waals surface area contributed by atoms with E-state index in [2.05, 4.69) is 10.1 Å². The smallest absolute Gasteiger partial charge is 0.387 e. The maximum atomic E-state index is 12.5. The molecule has 0 saturated carbocycles. The van der Waals surface area contributed by atoms with Gasteiger partial charge in [-0.25, -0.2) is 0 Å². The van der Waals surface area contributed by atoms with Crippen LogP contribution in [0.2, 0.25) is 0 Å². The van der Waals surface area contributed by atoms with E-state index in [0.717, 1.165) is 0 Å². The molecule has 2 amide bonds. The number of amides is 2. The fourth-order valence-corrected chi connectivity index (χ4v) is 2.66. The van der Waals surface area contributed by atoms with Gasteiger partial charge in [-0.2, -0.15) is 8.78 Å². The Morgan fingerprint density at radius 3 is 2.46 bits per heavy atom. The highest BCUT2D eigenvalue weighted by Gasteiger charge is 2.26. The Labute approximate surface area is 148 Å². The zero-order valence-corrected chi connectivity index (χ0v) is 13.8. The minimum atomic E-state index is -2.97. The molecule has 0 aliphatic carbocycles. The van der Waals surface area contributed by atoms with Gasteiger partial charge in [0.05, 0.1) is 6.61 Å². The minimum Gasteiger partial charge on any atom is -0.490 e. The van der Waals surface area contributed by atoms with Gasteiger partial charge in [-0.3, -0.25) is 14.9 Å². The summed E-state index contributed by atoms with van der Waals surface area (Å²) in [4.78, 5) is 24.2. The van der Waals surface area contributed by atoms with Crippen LogP contribution in [-0.4, -0.2) is 25.0 Å². The Bertz CT molecular complexity index is 893. The summed E-state index contributed by atoms with van der Waals surface area (Å²) in [5, 5.41) is 2.28. The largest absolute Gasteiger partial charge is 0.490 e. The van der Waals surface area contributed by atoms with Crippen molar-refractivity contribution in [2.75, 3.05) is 6.61 Å². The molecule has 134 valence electrons. The predicted molar refractivity (Wildman–Crippen MR) is 91.0 cm³/mol. The summed E-state index contributed by atoms with van der Waals surface area (Å²) >= 11 is 0. The van der Waals surface area contributed by atoms with Crippen molar-refractivity contribution in [1.82, 2.24) is 5.32 Å². The summed E-state index contributed by atoms with van der Waals surface area (Å²) in [5.41, 5.74) is 1.74. The number of benzene rings is 2. The van der Waals surface area contributed by atoms with Crippen LogP contribution in [0.3, 0.4) is 0 Å². The van der Waals surface area contributed by atoms with Crippen LogP contribution in [0.4, 0.5) is 8.78 Å². The number of hydrogen-bond acceptors (Lipinski definition) is 4. The summed E-state index contributed by atoms with van der Waals surface area (Å²) in [5.74, 6) is -0.937. The normalized spacial score (nSPS) is 15.0. The number of ether oxygens (including phenoxy) is 2. The lowest BCUT2D eigenvalue weighted by atomic mass is 9.93. The van der Waals surface area contributed by atoms with Gasteiger partial charge in [-0.1, -0.05) is 24.3 Å². The second-order valence-corrected chi connectivity index (χ2v) is 5.40. The molecule has 1 aliphatic rings. The lowest BCUT2D eigenvalue weighted by Gasteiger charge is -2.18. The average molecular weight is 359 g/mol. The zero-order valence-electron chi connectivity index (χ0n) is 13.8. The lowest BCUT2D eigenvalue weighted by molar-refractivity contribution is -0.114. The predicted octanol–water partition coefficient (Wildman–Crippen LogP) is 3.50. The lowest BCUT2D eigenvalue weighted by Crippen LogP contribution is -2.36. The van der Waals surface area contributed by atoms with Crippen molar-refractivity contribution in [2.24, 2.45) is 0 Å². The molecule has 2 aromatic rings. The first kappa shape index (κ1) is 17.6. The highest BCUT2D eigenvalue weighted by atomic mass is 19.3. The number of fused-ring (bicyclic) bond motifs is 1. The van der Waals surface area contributed by atoms with Gasteiger partial charge < -0.3 is 9.47 Å². The number of hydrogen-bond donors (Lipinski definition) is 1. The molecular formula is C19H15F2NO4. The van der Waals surface area contributed by atoms with Crippen molar-refractivity contribution in [2.45, 2.75) is 13.5 Å². The first-order chi connectivity index (χ1) is 12.5. The van der Waals surface area contributed by atoms with Crippen LogP contribution in [0.15, 0.2) is 42.5 Å². The van der Waals surface area contributed by atoms with Crippen molar-refractivity contribution < 1.29 is 27.8 Å². The second kappa shape index (κ2) is 7.35. The summed E-state index contributed by atoms with van der Waals surface area (Å²) in [6.07, 6.45) is 1.56. The molecule has 1 heterocycles. The van der Waals surface area contributed by atoms with E-state index < -0.39 is 18.4 Å². The van der Waals surface area contributed by atoms with Gasteiger partial charge in [0.15, 0.2) is 11.5 Å². The summed E-state index contributed by atoms with van der Waals surface area (Å²) < 4.78 is 34.8. The second-order valence-electron chi connectivity index (χ2n) is 5.40. The van der Waals surface area contributed by atoms with E-state index in [1.54, 1.807) is 37.3 Å². The average Bonchev–Trinajstić information content (AvgIpc) is 2.60. The first-order valence-electron chi connectivity index (χ1n) is 7.88. The minimum absolute atomic E-state index is 0.0901. The third kappa shape index (κ3) is 3.56. The molecule has 2 aromatic carbocycles. The van der Waals surface area contributed by atoms with Gasteiger partial charge in [0.25, 0.3) is 11.8 Å². The van der Waals surface area contributed by atoms with Crippen molar-refractivity contribution in [1.29, 1.82) is 0 Å². The molecule has 26 heavy (non-hydrogen) atoms. The van der Waals surface area contributed by atoms with Gasteiger partial charge in [0.1, 0.15) is 0 Å². The number of carbonyl (C=O) groups excluding carboxylic acids is 2. The molecule has 1 N–H and O–H groups in total. The van der Waals surface area contributed by atoms with Crippen molar-refractivity contribution >= 4 is 23.5 Å². The van der Waals surface area contributed by atoms with E-state index in [4.69, 9.17) is 4.74 Å². The van der Waals surface area contributed by atoms with Crippen LogP contribution >= 0.6 is 0 Å². The Morgan fingerprint density at radius 2 is 1.77 bits per heavy atom. The third-order valence-corrected chi connectivity index (χ3v) is 3.73. The first-order valence-corrected chi connectivity index (χ1v) is 7.88. The van der Waals surface area contributed by atoms with Crippen LogP contribution in [0.25, 0.3) is 11.6 Å². The van der Waals surface area contributed by atoms with Gasteiger partial charge in [-0.15, -0.1) is 0 Å². The van der Waals surface area contributed by atoms with Crippen LogP contribution in [-0.2, 0) is 4.79 Å². The Morgan fingerprint density at radius 1 is 1.04 bits per heavy atom. The molecule has 1 aliphatic heterocycles. The zero-order chi connectivity index (χ0) is 18.7. The fourth-order valence-electron chi connectivity index (χ4n) is 2.66.